The number of methoxy groups -OCH3 is 1. The summed E-state index contributed by atoms with van der Waals surface area (Å²) in [6.45, 7) is 0.409. The maximum absolute atomic E-state index is 12.4. The fourth-order valence-electron chi connectivity index (χ4n) is 2.42. The minimum Gasteiger partial charge on any atom is -0.380 e. The van der Waals surface area contributed by atoms with Gasteiger partial charge in [0.2, 0.25) is 5.91 Å². The van der Waals surface area contributed by atoms with Crippen LogP contribution in [0.2, 0.25) is 0 Å². The molecule has 1 aliphatic rings. The van der Waals surface area contributed by atoms with Gasteiger partial charge >= 0.3 is 5.51 Å². The summed E-state index contributed by atoms with van der Waals surface area (Å²) in [5.41, 5.74) is 1.08. The van der Waals surface area contributed by atoms with E-state index in [-0.39, 0.29) is 11.0 Å². The summed E-state index contributed by atoms with van der Waals surface area (Å²) in [6, 6.07) is 4.48. The molecule has 0 saturated carbocycles. The Labute approximate surface area is 127 Å². The lowest BCUT2D eigenvalue weighted by atomic mass is 10.2. The molecule has 0 bridgehead atoms. The van der Waals surface area contributed by atoms with E-state index in [0.29, 0.717) is 18.7 Å². The second-order valence-electron chi connectivity index (χ2n) is 4.87. The van der Waals surface area contributed by atoms with Gasteiger partial charge in [-0.15, -0.1) is 0 Å². The van der Waals surface area contributed by atoms with Crippen molar-refractivity contribution >= 4 is 22.4 Å². The number of nitrogens with zero attached hydrogens (tertiary/aromatic N) is 1. The van der Waals surface area contributed by atoms with Crippen molar-refractivity contribution in [1.82, 2.24) is 0 Å². The summed E-state index contributed by atoms with van der Waals surface area (Å²) in [4.78, 5) is 12.8. The Morgan fingerprint density at radius 2 is 1.95 bits per heavy atom. The average Bonchev–Trinajstić information content (AvgIpc) is 2.90. The summed E-state index contributed by atoms with van der Waals surface area (Å²) in [7, 11) is -1.56. The Bertz CT molecular complexity index is 577. The fraction of sp³-hybridized carbons (Fsp3) is 0.462. The molecule has 1 aromatic carbocycles. The van der Waals surface area contributed by atoms with Crippen molar-refractivity contribution in [3.05, 3.63) is 24.3 Å². The van der Waals surface area contributed by atoms with Crippen LogP contribution in [-0.2, 0) is 20.3 Å². The van der Waals surface area contributed by atoms with Crippen molar-refractivity contribution in [2.24, 2.45) is 5.73 Å². The van der Waals surface area contributed by atoms with E-state index in [1.807, 2.05) is 0 Å². The van der Waals surface area contributed by atoms with Crippen LogP contribution in [0, 0.1) is 0 Å². The Morgan fingerprint density at radius 1 is 1.36 bits per heavy atom. The smallest absolute Gasteiger partial charge is 0.380 e. The number of hydrogen-bond acceptors (Lipinski definition) is 4. The second kappa shape index (κ2) is 6.25. The number of rotatable bonds is 4. The lowest BCUT2D eigenvalue weighted by Crippen LogP contribution is -2.40. The van der Waals surface area contributed by atoms with Crippen LogP contribution in [0.1, 0.15) is 6.42 Å². The molecule has 0 aromatic heterocycles. The first kappa shape index (κ1) is 16.8. The van der Waals surface area contributed by atoms with E-state index in [1.54, 1.807) is 4.90 Å². The van der Waals surface area contributed by atoms with Gasteiger partial charge in [-0.2, -0.15) is 13.2 Å². The molecular formula is C13H15F3N2O3S. The van der Waals surface area contributed by atoms with Gasteiger partial charge in [0, 0.05) is 30.7 Å². The van der Waals surface area contributed by atoms with E-state index in [2.05, 4.69) is 0 Å². The summed E-state index contributed by atoms with van der Waals surface area (Å²) in [5.74, 6) is -0.525. The van der Waals surface area contributed by atoms with Gasteiger partial charge in [-0.1, -0.05) is 0 Å². The predicted molar refractivity (Wildman–Crippen MR) is 74.6 cm³/mol. The van der Waals surface area contributed by atoms with Crippen molar-refractivity contribution in [3.63, 3.8) is 0 Å². The topological polar surface area (TPSA) is 72.6 Å². The first-order chi connectivity index (χ1) is 10.2. The largest absolute Gasteiger partial charge is 0.475 e. The van der Waals surface area contributed by atoms with Crippen molar-refractivity contribution in [2.75, 3.05) is 18.6 Å². The Kier molecular flexibility index (Phi) is 4.76. The molecular weight excluding hydrogens is 321 g/mol. The molecule has 1 unspecified atom stereocenters. The number of carbonyl (C=O) groups excluding carboxylic acids is 1. The molecule has 122 valence electrons. The molecule has 22 heavy (non-hydrogen) atoms. The Morgan fingerprint density at radius 3 is 2.41 bits per heavy atom. The van der Waals surface area contributed by atoms with E-state index < -0.39 is 28.3 Å². The van der Waals surface area contributed by atoms with Gasteiger partial charge in [-0.05, 0) is 24.3 Å². The van der Waals surface area contributed by atoms with E-state index >= 15 is 0 Å². The third-order valence-electron chi connectivity index (χ3n) is 3.52. The summed E-state index contributed by atoms with van der Waals surface area (Å²) < 4.78 is 53.7. The molecule has 9 heteroatoms. The lowest BCUT2D eigenvalue weighted by Gasteiger charge is -2.24. The van der Waals surface area contributed by atoms with Crippen LogP contribution in [0.3, 0.4) is 0 Å². The van der Waals surface area contributed by atoms with E-state index in [4.69, 9.17) is 10.5 Å². The minimum absolute atomic E-state index is 0.179. The molecule has 2 N–H and O–H groups in total. The lowest BCUT2D eigenvalue weighted by molar-refractivity contribution is -0.119. The number of ether oxygens (including phenoxy) is 1. The molecule has 1 aromatic rings. The number of alkyl halides is 3. The van der Waals surface area contributed by atoms with Crippen LogP contribution in [0.5, 0.6) is 0 Å². The third kappa shape index (κ3) is 3.41. The second-order valence-corrected chi connectivity index (χ2v) is 6.34. The molecule has 2 rings (SSSR count). The first-order valence-corrected chi connectivity index (χ1v) is 7.56. The highest BCUT2D eigenvalue weighted by molar-refractivity contribution is 7.86. The zero-order valence-electron chi connectivity index (χ0n) is 11.7. The number of amides is 1. The maximum Gasteiger partial charge on any atom is 0.475 e. The van der Waals surface area contributed by atoms with Crippen LogP contribution < -0.4 is 10.6 Å². The molecule has 0 spiro atoms. The third-order valence-corrected chi connectivity index (χ3v) is 4.64. The molecule has 1 aliphatic heterocycles. The van der Waals surface area contributed by atoms with E-state index in [9.17, 15) is 22.2 Å². The van der Waals surface area contributed by atoms with Gasteiger partial charge in [-0.25, -0.2) is 4.21 Å². The Balaban J connectivity index is 2.23. The summed E-state index contributed by atoms with van der Waals surface area (Å²) >= 11 is 0. The van der Waals surface area contributed by atoms with E-state index in [1.165, 1.54) is 19.2 Å². The number of carbonyl (C=O) groups is 1. The monoisotopic (exact) mass is 336 g/mol. The SMILES string of the molecule is CO[C@H]1C[C@@H](C(N)=O)N(c2ccc(S(=O)C(F)(F)F)cc2)C1. The molecule has 1 amide bonds. The van der Waals surface area contributed by atoms with Gasteiger partial charge in [0.15, 0.2) is 10.8 Å². The first-order valence-electron chi connectivity index (χ1n) is 6.41. The highest BCUT2D eigenvalue weighted by atomic mass is 32.2. The molecule has 0 aliphatic carbocycles. The average molecular weight is 336 g/mol. The number of hydrogen-bond donors (Lipinski definition) is 1. The standard InChI is InChI=1S/C13H15F3N2O3S/c1-21-9-6-11(12(17)19)18(7-9)8-2-4-10(5-3-8)22(20)13(14,15)16/h2-5,9,11H,6-7H2,1H3,(H2,17,19)/t9-,11-,22?/m0/s1. The van der Waals surface area contributed by atoms with Crippen LogP contribution in [-0.4, -0.2) is 41.4 Å². The fourth-order valence-corrected chi connectivity index (χ4v) is 3.07. The van der Waals surface area contributed by atoms with Crippen LogP contribution in [0.25, 0.3) is 0 Å². The molecule has 0 radical (unpaired) electrons. The number of anilines is 1. The van der Waals surface area contributed by atoms with Crippen molar-refractivity contribution in [2.45, 2.75) is 29.0 Å². The van der Waals surface area contributed by atoms with Gasteiger partial charge < -0.3 is 15.4 Å². The van der Waals surface area contributed by atoms with Crippen molar-refractivity contribution < 1.29 is 26.9 Å². The van der Waals surface area contributed by atoms with Gasteiger partial charge in [0.25, 0.3) is 0 Å². The Hall–Kier alpha value is -1.61. The summed E-state index contributed by atoms with van der Waals surface area (Å²) in [5, 5.41) is 0. The molecule has 3 atom stereocenters. The highest BCUT2D eigenvalue weighted by Crippen LogP contribution is 2.30. The predicted octanol–water partition coefficient (Wildman–Crippen LogP) is 1.39. The zero-order chi connectivity index (χ0) is 16.5. The van der Waals surface area contributed by atoms with Crippen molar-refractivity contribution in [3.8, 4) is 0 Å². The quantitative estimate of drug-likeness (QED) is 0.902. The number of benzene rings is 1. The highest BCUT2D eigenvalue weighted by Gasteiger charge is 2.39. The molecule has 5 nitrogen and oxygen atoms in total. The van der Waals surface area contributed by atoms with Crippen LogP contribution in [0.15, 0.2) is 29.2 Å². The van der Waals surface area contributed by atoms with Crippen LogP contribution >= 0.6 is 0 Å². The van der Waals surface area contributed by atoms with Gasteiger partial charge in [-0.3, -0.25) is 4.79 Å². The molecule has 1 heterocycles. The van der Waals surface area contributed by atoms with Crippen molar-refractivity contribution in [1.29, 1.82) is 0 Å². The zero-order valence-corrected chi connectivity index (χ0v) is 12.5. The molecule has 1 fully saturated rings. The van der Waals surface area contributed by atoms with Gasteiger partial charge in [0.05, 0.1) is 6.10 Å². The molecule has 1 saturated heterocycles. The number of halogens is 3. The number of primary amides is 1. The normalized spacial score (nSPS) is 23.5. The summed E-state index contributed by atoms with van der Waals surface area (Å²) in [6.07, 6.45) is 0.240. The maximum atomic E-state index is 12.4. The van der Waals surface area contributed by atoms with Gasteiger partial charge in [0.1, 0.15) is 6.04 Å². The number of nitrogens with two attached hydrogens (primary N) is 1. The van der Waals surface area contributed by atoms with E-state index in [0.717, 1.165) is 12.1 Å². The van der Waals surface area contributed by atoms with Crippen LogP contribution in [0.4, 0.5) is 18.9 Å². The minimum atomic E-state index is -4.80.